The lowest BCUT2D eigenvalue weighted by molar-refractivity contribution is -0.116. The number of furan rings is 1. The summed E-state index contributed by atoms with van der Waals surface area (Å²) < 4.78 is 6.14. The lowest BCUT2D eigenvalue weighted by Crippen LogP contribution is -2.50. The summed E-state index contributed by atoms with van der Waals surface area (Å²) in [6.07, 6.45) is -0.575. The third-order valence-corrected chi connectivity index (χ3v) is 5.80. The van der Waals surface area contributed by atoms with E-state index in [1.807, 2.05) is 67.6 Å². The average Bonchev–Trinajstić information content (AvgIpc) is 3.23. The number of para-hydroxylation sites is 1. The van der Waals surface area contributed by atoms with Crippen LogP contribution in [-0.4, -0.2) is 21.8 Å². The maximum Gasteiger partial charge on any atom is 0.276 e. The first-order valence-electron chi connectivity index (χ1n) is 9.49. The number of halogens is 1. The molecule has 0 radical (unpaired) electrons. The number of nitrogens with zero attached hydrogens (tertiary/aromatic N) is 3. The molecule has 0 bridgehead atoms. The second-order valence-electron chi connectivity index (χ2n) is 6.71. The van der Waals surface area contributed by atoms with Crippen molar-refractivity contribution in [3.8, 4) is 11.3 Å². The minimum Gasteiger partial charge on any atom is -0.457 e. The Kier molecular flexibility index (Phi) is 4.84. The zero-order valence-electron chi connectivity index (χ0n) is 16.0. The summed E-state index contributed by atoms with van der Waals surface area (Å²) in [7, 11) is 0. The van der Waals surface area contributed by atoms with Gasteiger partial charge >= 0.3 is 0 Å². The van der Waals surface area contributed by atoms with E-state index in [-0.39, 0.29) is 5.91 Å². The van der Waals surface area contributed by atoms with Crippen LogP contribution in [0.4, 0.5) is 0 Å². The van der Waals surface area contributed by atoms with Crippen molar-refractivity contribution < 1.29 is 9.21 Å². The van der Waals surface area contributed by atoms with E-state index >= 15 is 0 Å². The Bertz CT molecular complexity index is 1280. The lowest BCUT2D eigenvalue weighted by atomic mass is 10.1. The summed E-state index contributed by atoms with van der Waals surface area (Å²) in [5.74, 6) is 1.90. The van der Waals surface area contributed by atoms with Gasteiger partial charge < -0.3 is 4.42 Å². The normalized spacial score (nSPS) is 17.6. The number of hydrazone groups is 1. The highest BCUT2D eigenvalue weighted by Gasteiger charge is 2.35. The quantitative estimate of drug-likeness (QED) is 0.682. The number of fused-ring (bicyclic) bond motifs is 2. The molecule has 1 atom stereocenters. The van der Waals surface area contributed by atoms with Crippen molar-refractivity contribution in [3.63, 3.8) is 0 Å². The van der Waals surface area contributed by atoms with Gasteiger partial charge in [0.15, 0.2) is 10.9 Å². The number of hydrogen-bond acceptors (Lipinski definition) is 6. The van der Waals surface area contributed by atoms with Crippen LogP contribution >= 0.6 is 23.4 Å². The Balaban J connectivity index is 1.63. The van der Waals surface area contributed by atoms with Crippen molar-refractivity contribution in [1.29, 1.82) is 0 Å². The second-order valence-corrected chi connectivity index (χ2v) is 8.40. The number of benzene rings is 2. The van der Waals surface area contributed by atoms with Crippen LogP contribution in [0, 0.1) is 0 Å². The zero-order valence-corrected chi connectivity index (χ0v) is 17.6. The number of nitrogens with one attached hydrogen (secondary N) is 1. The summed E-state index contributed by atoms with van der Waals surface area (Å²) in [6, 6.07) is 18.8. The number of hydrogen-bond donors (Lipinski definition) is 1. The van der Waals surface area contributed by atoms with E-state index in [1.165, 1.54) is 11.8 Å². The largest absolute Gasteiger partial charge is 0.457 e. The summed E-state index contributed by atoms with van der Waals surface area (Å²) in [5.41, 5.74) is 1.38. The molecule has 0 spiro atoms. The van der Waals surface area contributed by atoms with Gasteiger partial charge in [0, 0.05) is 15.8 Å². The summed E-state index contributed by atoms with van der Waals surface area (Å²) in [4.78, 5) is 17.8. The van der Waals surface area contributed by atoms with Gasteiger partial charge in [-0.3, -0.25) is 10.1 Å². The maximum atomic E-state index is 12.9. The molecule has 3 aromatic rings. The molecular weight excluding hydrogens is 420 g/mol. The standard InChI is InChI=1S/C22H17ClN4O2S/c1-2-30-22-25-21(28)19-15-5-3-4-6-16(15)24-20(27(19)26-22)18-12-11-17(29-18)13-7-9-14(23)10-8-13/h3-12,20H,2H2,1H3,(H,25,26,28)/t20-/m0/s1. The SMILES string of the molecule is CCSC1=NN2C(=c3ccccc3=N[C@@H]2c2ccc(-c3ccc(Cl)cc3)o2)C(=O)N1. The van der Waals surface area contributed by atoms with Gasteiger partial charge in [-0.1, -0.05) is 48.5 Å². The number of carbonyl (C=O) groups excluding carboxylic acids is 1. The fourth-order valence-electron chi connectivity index (χ4n) is 3.48. The Labute approximate surface area is 181 Å². The Morgan fingerprint density at radius 2 is 1.93 bits per heavy atom. The van der Waals surface area contributed by atoms with Gasteiger partial charge in [-0.05, 0) is 48.2 Å². The molecule has 0 unspecified atom stereocenters. The predicted octanol–water partition coefficient (Wildman–Crippen LogP) is 3.50. The first-order valence-corrected chi connectivity index (χ1v) is 10.9. The first-order chi connectivity index (χ1) is 14.6. The molecule has 0 saturated carbocycles. The first kappa shape index (κ1) is 19.0. The van der Waals surface area contributed by atoms with Crippen molar-refractivity contribution in [3.05, 3.63) is 82.0 Å². The summed E-state index contributed by atoms with van der Waals surface area (Å²) >= 11 is 7.47. The molecule has 30 heavy (non-hydrogen) atoms. The van der Waals surface area contributed by atoms with Crippen LogP contribution in [0.3, 0.4) is 0 Å². The maximum absolute atomic E-state index is 12.9. The van der Waals surface area contributed by atoms with E-state index in [1.54, 1.807) is 5.01 Å². The monoisotopic (exact) mass is 436 g/mol. The number of amidine groups is 1. The molecule has 1 amide bonds. The Morgan fingerprint density at radius 1 is 1.13 bits per heavy atom. The fraction of sp³-hybridized carbons (Fsp3) is 0.136. The van der Waals surface area contributed by atoms with Gasteiger partial charge in [0.1, 0.15) is 11.5 Å². The molecule has 2 aromatic carbocycles. The molecule has 0 aliphatic carbocycles. The highest BCUT2D eigenvalue weighted by Crippen LogP contribution is 2.34. The molecule has 5 rings (SSSR count). The van der Waals surface area contributed by atoms with Crippen LogP contribution in [0.25, 0.3) is 17.0 Å². The molecule has 2 aliphatic rings. The minimum atomic E-state index is -0.575. The molecule has 6 nitrogen and oxygen atoms in total. The number of thioether (sulfide) groups is 1. The molecule has 8 heteroatoms. The topological polar surface area (TPSA) is 70.2 Å². The van der Waals surface area contributed by atoms with Crippen molar-refractivity contribution in [1.82, 2.24) is 10.3 Å². The van der Waals surface area contributed by atoms with E-state index in [0.29, 0.717) is 27.4 Å². The Hall–Kier alpha value is -3.03. The van der Waals surface area contributed by atoms with Crippen molar-refractivity contribution in [2.24, 2.45) is 10.1 Å². The van der Waals surface area contributed by atoms with E-state index in [9.17, 15) is 4.79 Å². The molecular formula is C22H17ClN4O2S. The highest BCUT2D eigenvalue weighted by atomic mass is 35.5. The van der Waals surface area contributed by atoms with Crippen LogP contribution in [0.1, 0.15) is 18.8 Å². The lowest BCUT2D eigenvalue weighted by Gasteiger charge is -2.32. The molecule has 2 aliphatic heterocycles. The van der Waals surface area contributed by atoms with Crippen molar-refractivity contribution in [2.75, 3.05) is 5.75 Å². The molecule has 0 saturated heterocycles. The van der Waals surface area contributed by atoms with E-state index in [0.717, 1.165) is 21.9 Å². The highest BCUT2D eigenvalue weighted by molar-refractivity contribution is 8.13. The average molecular weight is 437 g/mol. The predicted molar refractivity (Wildman–Crippen MR) is 118 cm³/mol. The second kappa shape index (κ2) is 7.66. The van der Waals surface area contributed by atoms with Crippen LogP contribution in [0.5, 0.6) is 0 Å². The molecule has 3 heterocycles. The molecule has 0 fully saturated rings. The summed E-state index contributed by atoms with van der Waals surface area (Å²) in [6.45, 7) is 2.01. The Morgan fingerprint density at radius 3 is 2.73 bits per heavy atom. The van der Waals surface area contributed by atoms with Gasteiger partial charge in [0.05, 0.1) is 5.36 Å². The van der Waals surface area contributed by atoms with Gasteiger partial charge in [0.25, 0.3) is 5.91 Å². The fourth-order valence-corrected chi connectivity index (χ4v) is 4.19. The third kappa shape index (κ3) is 3.30. The molecule has 1 N–H and O–H groups in total. The van der Waals surface area contributed by atoms with E-state index in [4.69, 9.17) is 21.0 Å². The number of rotatable bonds is 3. The van der Waals surface area contributed by atoms with Crippen LogP contribution in [-0.2, 0) is 4.79 Å². The van der Waals surface area contributed by atoms with Crippen molar-refractivity contribution >= 4 is 40.1 Å². The number of carbonyl (C=O) groups is 1. The molecule has 150 valence electrons. The zero-order chi connectivity index (χ0) is 20.7. The summed E-state index contributed by atoms with van der Waals surface area (Å²) in [5, 5.41) is 11.9. The third-order valence-electron chi connectivity index (χ3n) is 4.81. The van der Waals surface area contributed by atoms with Crippen LogP contribution < -0.4 is 15.9 Å². The van der Waals surface area contributed by atoms with Gasteiger partial charge in [0.2, 0.25) is 6.17 Å². The van der Waals surface area contributed by atoms with E-state index < -0.39 is 6.17 Å². The van der Waals surface area contributed by atoms with Crippen molar-refractivity contribution in [2.45, 2.75) is 13.1 Å². The number of amides is 1. The minimum absolute atomic E-state index is 0.196. The van der Waals surface area contributed by atoms with Crippen LogP contribution in [0.15, 0.2) is 75.2 Å². The van der Waals surface area contributed by atoms with E-state index in [2.05, 4.69) is 10.4 Å². The van der Waals surface area contributed by atoms with Gasteiger partial charge in [-0.25, -0.2) is 10.0 Å². The van der Waals surface area contributed by atoms with Gasteiger partial charge in [-0.15, -0.1) is 5.10 Å². The smallest absolute Gasteiger partial charge is 0.276 e. The van der Waals surface area contributed by atoms with Crippen LogP contribution in [0.2, 0.25) is 5.02 Å². The van der Waals surface area contributed by atoms with Gasteiger partial charge in [-0.2, -0.15) is 0 Å². The molecule has 1 aromatic heterocycles.